The lowest BCUT2D eigenvalue weighted by Crippen LogP contribution is -2.40. The highest BCUT2D eigenvalue weighted by atomic mass is 16.5. The van der Waals surface area contributed by atoms with Crippen molar-refractivity contribution in [1.82, 2.24) is 9.97 Å². The van der Waals surface area contributed by atoms with Gasteiger partial charge in [0, 0.05) is 36.1 Å². The SMILES string of the molecule is CCC1(C)CCN(c2c(-c3ccc(OCC4CC4)cn3)cnc(C)c2[C@H](OC(C)(C)C)C(=O)O)CC1. The lowest BCUT2D eigenvalue weighted by Gasteiger charge is -2.42. The number of carboxylic acid groups (broad SMARTS) is 1. The highest BCUT2D eigenvalue weighted by molar-refractivity contribution is 5.85. The molecule has 1 aliphatic heterocycles. The van der Waals surface area contributed by atoms with Crippen molar-refractivity contribution in [3.05, 3.63) is 35.8 Å². The third kappa shape index (κ3) is 6.17. The monoisotopic (exact) mass is 495 g/mol. The van der Waals surface area contributed by atoms with Crippen molar-refractivity contribution in [1.29, 1.82) is 0 Å². The number of hydrogen-bond acceptors (Lipinski definition) is 6. The van der Waals surface area contributed by atoms with Crippen LogP contribution in [0.2, 0.25) is 0 Å². The molecule has 36 heavy (non-hydrogen) atoms. The first-order chi connectivity index (χ1) is 17.0. The second-order valence-corrected chi connectivity index (χ2v) is 11.8. The molecular formula is C29H41N3O4. The van der Waals surface area contributed by atoms with Crippen LogP contribution in [0, 0.1) is 18.3 Å². The summed E-state index contributed by atoms with van der Waals surface area (Å²) in [5, 5.41) is 10.3. The van der Waals surface area contributed by atoms with Gasteiger partial charge in [0.15, 0.2) is 6.10 Å². The average molecular weight is 496 g/mol. The Kier molecular flexibility index (Phi) is 7.60. The number of ether oxygens (including phenoxy) is 2. The number of carboxylic acids is 1. The first kappa shape index (κ1) is 26.4. The van der Waals surface area contributed by atoms with E-state index in [4.69, 9.17) is 14.5 Å². The second-order valence-electron chi connectivity index (χ2n) is 11.8. The zero-order valence-corrected chi connectivity index (χ0v) is 22.6. The van der Waals surface area contributed by atoms with E-state index in [0.717, 1.165) is 61.7 Å². The molecule has 1 saturated carbocycles. The van der Waals surface area contributed by atoms with Gasteiger partial charge in [0.25, 0.3) is 0 Å². The number of piperidine rings is 1. The molecule has 0 bridgehead atoms. The molecule has 0 spiro atoms. The van der Waals surface area contributed by atoms with Gasteiger partial charge in [0.05, 0.1) is 29.8 Å². The predicted molar refractivity (Wildman–Crippen MR) is 141 cm³/mol. The Morgan fingerprint density at radius 3 is 2.42 bits per heavy atom. The van der Waals surface area contributed by atoms with Gasteiger partial charge in [-0.05, 0) is 76.8 Å². The van der Waals surface area contributed by atoms with Crippen molar-refractivity contribution in [3.63, 3.8) is 0 Å². The number of carbonyl (C=O) groups is 1. The summed E-state index contributed by atoms with van der Waals surface area (Å²) in [6.07, 6.45) is 8.14. The standard InChI is InChI=1S/C29H41N3O4/c1-7-29(6)12-14-32(15-13-29)25-22(23-11-10-21(16-31-23)35-18-20-8-9-20)17-30-19(2)24(25)26(27(33)34)36-28(3,4)5/h10-11,16-17,20,26H,7-9,12-15,18H2,1-6H3,(H,33,34)/t26-/m0/s1. The Morgan fingerprint density at radius 2 is 1.89 bits per heavy atom. The maximum atomic E-state index is 12.5. The van der Waals surface area contributed by atoms with Crippen LogP contribution < -0.4 is 9.64 Å². The van der Waals surface area contributed by atoms with Crippen molar-refractivity contribution in [2.24, 2.45) is 11.3 Å². The van der Waals surface area contributed by atoms with Crippen molar-refractivity contribution in [2.45, 2.75) is 85.4 Å². The fourth-order valence-corrected chi connectivity index (χ4v) is 4.78. The number of nitrogens with zero attached hydrogens (tertiary/aromatic N) is 3. The van der Waals surface area contributed by atoms with Crippen LogP contribution in [0.25, 0.3) is 11.3 Å². The molecule has 0 radical (unpaired) electrons. The van der Waals surface area contributed by atoms with Crippen LogP contribution in [0.3, 0.4) is 0 Å². The minimum atomic E-state index is -1.13. The van der Waals surface area contributed by atoms with Crippen molar-refractivity contribution < 1.29 is 19.4 Å². The maximum absolute atomic E-state index is 12.5. The Bertz CT molecular complexity index is 1070. The molecule has 7 nitrogen and oxygen atoms in total. The van der Waals surface area contributed by atoms with Gasteiger partial charge in [-0.2, -0.15) is 0 Å². The molecule has 2 aromatic heterocycles. The fraction of sp³-hybridized carbons (Fsp3) is 0.621. The lowest BCUT2D eigenvalue weighted by atomic mass is 9.78. The highest BCUT2D eigenvalue weighted by Crippen LogP contribution is 2.44. The molecular weight excluding hydrogens is 454 g/mol. The van der Waals surface area contributed by atoms with Crippen LogP contribution >= 0.6 is 0 Å². The van der Waals surface area contributed by atoms with Crippen molar-refractivity contribution >= 4 is 11.7 Å². The van der Waals surface area contributed by atoms with Gasteiger partial charge in [-0.3, -0.25) is 9.97 Å². The Hall–Kier alpha value is -2.67. The number of anilines is 1. The van der Waals surface area contributed by atoms with Gasteiger partial charge >= 0.3 is 5.97 Å². The van der Waals surface area contributed by atoms with E-state index in [9.17, 15) is 9.90 Å². The number of pyridine rings is 2. The quantitative estimate of drug-likeness (QED) is 0.443. The van der Waals surface area contributed by atoms with Crippen LogP contribution in [0.4, 0.5) is 5.69 Å². The molecule has 4 rings (SSSR count). The molecule has 2 aliphatic rings. The summed E-state index contributed by atoms with van der Waals surface area (Å²) in [5.74, 6) is 0.410. The summed E-state index contributed by atoms with van der Waals surface area (Å²) >= 11 is 0. The van der Waals surface area contributed by atoms with Crippen molar-refractivity contribution in [3.8, 4) is 17.0 Å². The largest absolute Gasteiger partial charge is 0.492 e. The first-order valence-corrected chi connectivity index (χ1v) is 13.2. The minimum absolute atomic E-state index is 0.297. The summed E-state index contributed by atoms with van der Waals surface area (Å²) in [5.41, 5.74) is 3.39. The Morgan fingerprint density at radius 1 is 1.19 bits per heavy atom. The van der Waals surface area contributed by atoms with Gasteiger partial charge in [-0.1, -0.05) is 20.3 Å². The molecule has 2 fully saturated rings. The molecule has 1 aliphatic carbocycles. The topological polar surface area (TPSA) is 84.8 Å². The van der Waals surface area contributed by atoms with Gasteiger partial charge in [-0.15, -0.1) is 0 Å². The van der Waals surface area contributed by atoms with E-state index in [1.54, 1.807) is 6.20 Å². The van der Waals surface area contributed by atoms with Gasteiger partial charge in [0.2, 0.25) is 0 Å². The number of aliphatic carboxylic acids is 1. The Labute approximate surface area is 215 Å². The van der Waals surface area contributed by atoms with E-state index < -0.39 is 17.7 Å². The third-order valence-electron chi connectivity index (χ3n) is 7.58. The van der Waals surface area contributed by atoms with E-state index in [0.29, 0.717) is 22.6 Å². The van der Waals surface area contributed by atoms with Crippen molar-refractivity contribution in [2.75, 3.05) is 24.6 Å². The molecule has 1 N–H and O–H groups in total. The maximum Gasteiger partial charge on any atom is 0.337 e. The molecule has 1 atom stereocenters. The summed E-state index contributed by atoms with van der Waals surface area (Å²) in [6.45, 7) is 14.5. The molecule has 1 saturated heterocycles. The van der Waals surface area contributed by atoms with E-state index in [2.05, 4.69) is 23.7 Å². The predicted octanol–water partition coefficient (Wildman–Crippen LogP) is 6.20. The van der Waals surface area contributed by atoms with Gasteiger partial charge < -0.3 is 19.5 Å². The van der Waals surface area contributed by atoms with E-state index in [1.165, 1.54) is 12.8 Å². The molecule has 196 valence electrons. The summed E-state index contributed by atoms with van der Waals surface area (Å²) in [4.78, 5) is 24.2. The minimum Gasteiger partial charge on any atom is -0.492 e. The number of aromatic nitrogens is 2. The molecule has 7 heteroatoms. The van der Waals surface area contributed by atoms with E-state index in [1.807, 2.05) is 46.0 Å². The van der Waals surface area contributed by atoms with Crippen LogP contribution in [-0.4, -0.2) is 46.3 Å². The van der Waals surface area contributed by atoms with Gasteiger partial charge in [0.1, 0.15) is 5.75 Å². The number of rotatable bonds is 9. The van der Waals surface area contributed by atoms with Crippen LogP contribution in [0.15, 0.2) is 24.5 Å². The Balaban J connectivity index is 1.77. The highest BCUT2D eigenvalue weighted by Gasteiger charge is 2.36. The summed E-state index contributed by atoms with van der Waals surface area (Å²) < 4.78 is 12.0. The normalized spacial score (nSPS) is 18.7. The molecule has 3 heterocycles. The van der Waals surface area contributed by atoms with Crippen LogP contribution in [0.1, 0.15) is 84.1 Å². The van der Waals surface area contributed by atoms with Crippen LogP contribution in [-0.2, 0) is 9.53 Å². The fourth-order valence-electron chi connectivity index (χ4n) is 4.78. The lowest BCUT2D eigenvalue weighted by molar-refractivity contribution is -0.160. The average Bonchev–Trinajstić information content (AvgIpc) is 3.66. The molecule has 0 aromatic carbocycles. The molecule has 0 amide bonds. The molecule has 2 aromatic rings. The zero-order valence-electron chi connectivity index (χ0n) is 22.6. The zero-order chi connectivity index (χ0) is 26.1. The molecule has 0 unspecified atom stereocenters. The van der Waals surface area contributed by atoms with E-state index >= 15 is 0 Å². The number of aryl methyl sites for hydroxylation is 1. The summed E-state index contributed by atoms with van der Waals surface area (Å²) in [7, 11) is 0. The van der Waals surface area contributed by atoms with E-state index in [-0.39, 0.29) is 0 Å². The first-order valence-electron chi connectivity index (χ1n) is 13.2. The summed E-state index contributed by atoms with van der Waals surface area (Å²) in [6, 6.07) is 3.89. The third-order valence-corrected chi connectivity index (χ3v) is 7.58. The smallest absolute Gasteiger partial charge is 0.337 e. The van der Waals surface area contributed by atoms with Gasteiger partial charge in [-0.25, -0.2) is 4.79 Å². The number of hydrogen-bond donors (Lipinski definition) is 1. The van der Waals surface area contributed by atoms with Crippen LogP contribution in [0.5, 0.6) is 5.75 Å². The second kappa shape index (κ2) is 10.4.